The quantitative estimate of drug-likeness (QED) is 0.767. The lowest BCUT2D eigenvalue weighted by molar-refractivity contribution is 0.350. The van der Waals surface area contributed by atoms with Crippen molar-refractivity contribution in [1.82, 2.24) is 0 Å². The summed E-state index contributed by atoms with van der Waals surface area (Å²) in [5.74, 6) is 0. The number of hydrogen-bond donors (Lipinski definition) is 0. The van der Waals surface area contributed by atoms with Crippen LogP contribution >= 0.6 is 16.8 Å². The molecule has 6 heteroatoms. The highest BCUT2D eigenvalue weighted by Crippen LogP contribution is 2.37. The molecule has 20 heavy (non-hydrogen) atoms. The van der Waals surface area contributed by atoms with Crippen LogP contribution in [0.4, 0.5) is 0 Å². The number of rotatable bonds is 6. The van der Waals surface area contributed by atoms with E-state index in [1.165, 1.54) is 5.39 Å². The second-order valence-corrected chi connectivity index (χ2v) is 7.48. The minimum Gasteiger partial charge on any atom is -0.334 e. The molecule has 0 bridgehead atoms. The molecule has 2 aromatic carbocycles. The fraction of sp³-hybridized carbons (Fsp3) is 0.286. The van der Waals surface area contributed by atoms with Crippen molar-refractivity contribution in [2.45, 2.75) is 0 Å². The average molecular weight is 312 g/mol. The smallest absolute Gasteiger partial charge is 0.204 e. The van der Waals surface area contributed by atoms with E-state index in [1.54, 1.807) is 28.4 Å². The van der Waals surface area contributed by atoms with Gasteiger partial charge in [-0.15, -0.1) is 0 Å². The molecule has 0 saturated heterocycles. The molecule has 4 nitrogen and oxygen atoms in total. The van der Waals surface area contributed by atoms with E-state index in [9.17, 15) is 0 Å². The van der Waals surface area contributed by atoms with Gasteiger partial charge in [0.05, 0.1) is 0 Å². The van der Waals surface area contributed by atoms with Crippen LogP contribution in [0.3, 0.4) is 0 Å². The Bertz CT molecular complexity index is 521. The van der Waals surface area contributed by atoms with Crippen LogP contribution in [0.1, 0.15) is 0 Å². The van der Waals surface area contributed by atoms with E-state index >= 15 is 0 Å². The monoisotopic (exact) mass is 312 g/mol. The number of fused-ring (bicyclic) bond motifs is 1. The van der Waals surface area contributed by atoms with Gasteiger partial charge in [-0.3, -0.25) is 0 Å². The largest absolute Gasteiger partial charge is 0.334 e. The Morgan fingerprint density at radius 1 is 0.600 bits per heavy atom. The molecule has 0 N–H and O–H groups in total. The molecule has 0 amide bonds. The summed E-state index contributed by atoms with van der Waals surface area (Å²) >= 11 is 0. The van der Waals surface area contributed by atoms with Crippen LogP contribution < -0.4 is 10.6 Å². The van der Waals surface area contributed by atoms with Crippen molar-refractivity contribution in [3.05, 3.63) is 36.4 Å². The van der Waals surface area contributed by atoms with Crippen LogP contribution in [0.5, 0.6) is 0 Å². The average Bonchev–Trinajstić information content (AvgIpc) is 2.49. The van der Waals surface area contributed by atoms with E-state index in [1.807, 2.05) is 12.1 Å². The second kappa shape index (κ2) is 7.42. The lowest BCUT2D eigenvalue weighted by Crippen LogP contribution is -2.06. The highest BCUT2D eigenvalue weighted by atomic mass is 31.2. The molecule has 0 radical (unpaired) electrons. The van der Waals surface area contributed by atoms with Crippen LogP contribution in [-0.4, -0.2) is 28.4 Å². The zero-order valence-corrected chi connectivity index (χ0v) is 13.8. The van der Waals surface area contributed by atoms with Gasteiger partial charge in [0.1, 0.15) is 0 Å². The molecular weight excluding hydrogens is 294 g/mol. The molecule has 2 aromatic rings. The van der Waals surface area contributed by atoms with E-state index in [0.717, 1.165) is 16.0 Å². The molecule has 0 aliphatic heterocycles. The summed E-state index contributed by atoms with van der Waals surface area (Å²) in [5.41, 5.74) is 0. The van der Waals surface area contributed by atoms with Gasteiger partial charge in [-0.2, -0.15) is 0 Å². The molecule has 108 valence electrons. The van der Waals surface area contributed by atoms with Gasteiger partial charge >= 0.3 is 0 Å². The van der Waals surface area contributed by atoms with E-state index in [2.05, 4.69) is 24.3 Å². The Labute approximate surface area is 121 Å². The molecule has 0 heterocycles. The molecule has 0 unspecified atom stereocenters. The van der Waals surface area contributed by atoms with Gasteiger partial charge in [0.15, 0.2) is 0 Å². The van der Waals surface area contributed by atoms with Crippen molar-refractivity contribution in [3.8, 4) is 0 Å². The summed E-state index contributed by atoms with van der Waals surface area (Å²) in [5, 5.41) is 4.40. The highest BCUT2D eigenvalue weighted by Gasteiger charge is 2.13. The topological polar surface area (TPSA) is 36.9 Å². The lowest BCUT2D eigenvalue weighted by Gasteiger charge is -2.15. The van der Waals surface area contributed by atoms with Gasteiger partial charge in [-0.1, -0.05) is 12.1 Å². The number of hydrogen-bond acceptors (Lipinski definition) is 4. The Morgan fingerprint density at radius 3 is 1.35 bits per heavy atom. The maximum absolute atomic E-state index is 5.35. The Kier molecular flexibility index (Phi) is 5.86. The first-order chi connectivity index (χ1) is 9.73. The summed E-state index contributed by atoms with van der Waals surface area (Å²) in [7, 11) is 4.60. The van der Waals surface area contributed by atoms with Gasteiger partial charge in [-0.05, 0) is 35.0 Å². The minimum absolute atomic E-state index is 1.01. The van der Waals surface area contributed by atoms with Gasteiger partial charge in [0, 0.05) is 39.0 Å². The van der Waals surface area contributed by atoms with Crippen molar-refractivity contribution in [3.63, 3.8) is 0 Å². The fourth-order valence-corrected chi connectivity index (χ4v) is 4.04. The van der Waals surface area contributed by atoms with E-state index in [0.29, 0.717) is 0 Å². The predicted octanol–water partition coefficient (Wildman–Crippen LogP) is 3.30. The molecule has 0 aliphatic rings. The summed E-state index contributed by atoms with van der Waals surface area (Å²) in [6.07, 6.45) is 0. The van der Waals surface area contributed by atoms with Crippen molar-refractivity contribution in [1.29, 1.82) is 0 Å². The van der Waals surface area contributed by atoms with E-state index in [-0.39, 0.29) is 0 Å². The first-order valence-corrected chi connectivity index (χ1v) is 8.39. The molecule has 0 aromatic heterocycles. The summed E-state index contributed by atoms with van der Waals surface area (Å²) < 4.78 is 21.4. The molecule has 0 fully saturated rings. The third-order valence-electron chi connectivity index (χ3n) is 2.89. The third-order valence-corrected chi connectivity index (χ3v) is 5.62. The summed E-state index contributed by atoms with van der Waals surface area (Å²) in [6.45, 7) is 0. The minimum atomic E-state index is -1.01. The fourth-order valence-electron chi connectivity index (χ4n) is 2.02. The van der Waals surface area contributed by atoms with Crippen LogP contribution in [-0.2, 0) is 18.1 Å². The maximum atomic E-state index is 5.35. The maximum Gasteiger partial charge on any atom is 0.204 e. The molecular formula is C14H18O4P2. The summed E-state index contributed by atoms with van der Waals surface area (Å²) in [4.78, 5) is 0. The Morgan fingerprint density at radius 2 is 1.00 bits per heavy atom. The van der Waals surface area contributed by atoms with Crippen molar-refractivity contribution in [2.75, 3.05) is 28.4 Å². The Balaban J connectivity index is 2.44. The first kappa shape index (κ1) is 15.8. The van der Waals surface area contributed by atoms with Gasteiger partial charge in [0.2, 0.25) is 16.8 Å². The zero-order valence-electron chi connectivity index (χ0n) is 12.0. The molecule has 0 aliphatic carbocycles. The second-order valence-electron chi connectivity index (χ2n) is 3.96. The van der Waals surface area contributed by atoms with E-state index in [4.69, 9.17) is 18.1 Å². The Hall–Kier alpha value is -0.600. The van der Waals surface area contributed by atoms with Crippen molar-refractivity contribution >= 4 is 38.1 Å². The normalized spacial score (nSPS) is 11.7. The standard InChI is InChI=1S/C14H18O4P2/c1-15-19(16-2)13-7-5-11-6-8-14(10-12(11)9-13)20(17-3)18-4/h5-10H,1-4H3. The zero-order chi connectivity index (χ0) is 14.5. The molecule has 0 atom stereocenters. The molecule has 0 saturated carbocycles. The SMILES string of the molecule is COP(OC)c1ccc2ccc(P(OC)OC)cc2c1. The van der Waals surface area contributed by atoms with Crippen LogP contribution in [0.15, 0.2) is 36.4 Å². The van der Waals surface area contributed by atoms with Crippen LogP contribution in [0.25, 0.3) is 10.8 Å². The molecule has 2 rings (SSSR count). The van der Waals surface area contributed by atoms with E-state index < -0.39 is 16.8 Å². The number of benzene rings is 2. The van der Waals surface area contributed by atoms with Crippen LogP contribution in [0.2, 0.25) is 0 Å². The summed E-state index contributed by atoms with van der Waals surface area (Å²) in [6, 6.07) is 12.4. The van der Waals surface area contributed by atoms with Crippen LogP contribution in [0, 0.1) is 0 Å². The van der Waals surface area contributed by atoms with Crippen molar-refractivity contribution < 1.29 is 18.1 Å². The third kappa shape index (κ3) is 3.35. The van der Waals surface area contributed by atoms with Gasteiger partial charge in [0.25, 0.3) is 0 Å². The first-order valence-electron chi connectivity index (χ1n) is 6.04. The van der Waals surface area contributed by atoms with Gasteiger partial charge in [-0.25, -0.2) is 0 Å². The molecule has 0 spiro atoms. The highest BCUT2D eigenvalue weighted by molar-refractivity contribution is 7.56. The predicted molar refractivity (Wildman–Crippen MR) is 85.1 cm³/mol. The van der Waals surface area contributed by atoms with Gasteiger partial charge < -0.3 is 18.1 Å². The van der Waals surface area contributed by atoms with Crippen molar-refractivity contribution in [2.24, 2.45) is 0 Å². The lowest BCUT2D eigenvalue weighted by atomic mass is 10.1.